The summed E-state index contributed by atoms with van der Waals surface area (Å²) in [6.45, 7) is 1.90. The van der Waals surface area contributed by atoms with Crippen molar-refractivity contribution >= 4 is 23.0 Å². The average molecular weight is 565 g/mol. The molecule has 0 saturated heterocycles. The van der Waals surface area contributed by atoms with Gasteiger partial charge in [0.25, 0.3) is 0 Å². The first-order chi connectivity index (χ1) is 18.8. The van der Waals surface area contributed by atoms with Crippen molar-refractivity contribution < 1.29 is 41.0 Å². The number of aromatic nitrogens is 4. The van der Waals surface area contributed by atoms with Gasteiger partial charge in [-0.3, -0.25) is 0 Å². The second kappa shape index (κ2) is 9.99. The molecule has 2 heterocycles. The van der Waals surface area contributed by atoms with Crippen molar-refractivity contribution in [3.05, 3.63) is 65.5 Å². The van der Waals surface area contributed by atoms with Gasteiger partial charge in [0.1, 0.15) is 17.1 Å². The van der Waals surface area contributed by atoms with E-state index < -0.39 is 35.6 Å². The summed E-state index contributed by atoms with van der Waals surface area (Å²) in [4.78, 5) is 24.5. The Balaban J connectivity index is 1.65. The standard InChI is InChI=1S/C26H21F6N5O3/c1-13(15-4-5-15)33-20-19-21(35-22(34-20)24(38)39)36-23(16-6-10-18(11-7-16)40-26(30,31)32)37(19)12-14-2-8-17(9-3-14)25(27,28)29/h2-3,6-11,13,15H,4-5,12H2,1H3,(H,38,39)(H,33,34,35). The lowest BCUT2D eigenvalue weighted by atomic mass is 10.1. The Hall–Kier alpha value is -4.36. The predicted octanol–water partition coefficient (Wildman–Crippen LogP) is 6.37. The van der Waals surface area contributed by atoms with E-state index in [2.05, 4.69) is 25.0 Å². The van der Waals surface area contributed by atoms with Gasteiger partial charge in [-0.2, -0.15) is 13.2 Å². The van der Waals surface area contributed by atoms with Crippen LogP contribution >= 0.6 is 0 Å². The molecule has 1 fully saturated rings. The number of hydrogen-bond donors (Lipinski definition) is 2. The lowest BCUT2D eigenvalue weighted by Crippen LogP contribution is -2.20. The Kier molecular flexibility index (Phi) is 6.80. The van der Waals surface area contributed by atoms with Gasteiger partial charge >= 0.3 is 18.5 Å². The fraction of sp³-hybridized carbons (Fsp3) is 0.308. The summed E-state index contributed by atoms with van der Waals surface area (Å²) in [6.07, 6.45) is -7.45. The number of rotatable bonds is 8. The highest BCUT2D eigenvalue weighted by Crippen LogP contribution is 2.36. The number of benzene rings is 2. The highest BCUT2D eigenvalue weighted by molar-refractivity contribution is 5.92. The molecule has 2 N–H and O–H groups in total. The van der Waals surface area contributed by atoms with Crippen LogP contribution < -0.4 is 10.1 Å². The molecule has 1 atom stereocenters. The topological polar surface area (TPSA) is 102 Å². The van der Waals surface area contributed by atoms with Crippen molar-refractivity contribution in [2.75, 3.05) is 5.32 Å². The van der Waals surface area contributed by atoms with Gasteiger partial charge in [-0.15, -0.1) is 13.2 Å². The number of aromatic carboxylic acids is 1. The molecule has 1 saturated carbocycles. The molecule has 0 amide bonds. The molecular formula is C26H21F6N5O3. The van der Waals surface area contributed by atoms with Gasteiger partial charge in [-0.1, -0.05) is 12.1 Å². The van der Waals surface area contributed by atoms with Gasteiger partial charge in [-0.05, 0) is 67.6 Å². The number of anilines is 1. The molecule has 0 bridgehead atoms. The molecule has 1 aliphatic rings. The normalized spacial score (nSPS) is 14.8. The lowest BCUT2D eigenvalue weighted by Gasteiger charge is -2.17. The SMILES string of the molecule is CC(Nc1nc(C(=O)O)nc2nc(-c3ccc(OC(F)(F)F)cc3)n(Cc3ccc(C(F)(F)F)cc3)c12)C1CC1. The quantitative estimate of drug-likeness (QED) is 0.240. The van der Waals surface area contributed by atoms with E-state index in [1.54, 1.807) is 4.57 Å². The molecule has 40 heavy (non-hydrogen) atoms. The number of imidazole rings is 1. The minimum Gasteiger partial charge on any atom is -0.475 e. The molecule has 0 radical (unpaired) electrons. The van der Waals surface area contributed by atoms with Crippen LogP contribution in [-0.2, 0) is 12.7 Å². The molecule has 5 rings (SSSR count). The minimum absolute atomic E-state index is 0.00423. The summed E-state index contributed by atoms with van der Waals surface area (Å²) in [7, 11) is 0. The van der Waals surface area contributed by atoms with Crippen molar-refractivity contribution in [1.82, 2.24) is 19.5 Å². The van der Waals surface area contributed by atoms with E-state index in [1.807, 2.05) is 6.92 Å². The maximum Gasteiger partial charge on any atom is 0.573 e. The maximum atomic E-state index is 13.1. The molecule has 210 valence electrons. The van der Waals surface area contributed by atoms with Crippen LogP contribution in [0.4, 0.5) is 32.2 Å². The number of halogens is 6. The minimum atomic E-state index is -4.89. The molecule has 2 aromatic carbocycles. The predicted molar refractivity (Wildman–Crippen MR) is 131 cm³/mol. The second-order valence-corrected chi connectivity index (χ2v) is 9.43. The van der Waals surface area contributed by atoms with Crippen LogP contribution in [0.2, 0.25) is 0 Å². The van der Waals surface area contributed by atoms with Crippen molar-refractivity contribution in [2.45, 2.75) is 44.9 Å². The fourth-order valence-electron chi connectivity index (χ4n) is 4.32. The van der Waals surface area contributed by atoms with Crippen molar-refractivity contribution in [3.63, 3.8) is 0 Å². The fourth-order valence-corrected chi connectivity index (χ4v) is 4.32. The van der Waals surface area contributed by atoms with Gasteiger partial charge < -0.3 is 19.7 Å². The van der Waals surface area contributed by atoms with Crippen LogP contribution in [0.5, 0.6) is 5.75 Å². The van der Waals surface area contributed by atoms with Crippen molar-refractivity contribution in [2.24, 2.45) is 5.92 Å². The van der Waals surface area contributed by atoms with Crippen molar-refractivity contribution in [1.29, 1.82) is 0 Å². The Morgan fingerprint density at radius 1 is 1.02 bits per heavy atom. The molecule has 0 aliphatic heterocycles. The summed E-state index contributed by atoms with van der Waals surface area (Å²) >= 11 is 0. The van der Waals surface area contributed by atoms with E-state index in [9.17, 15) is 36.2 Å². The molecule has 1 unspecified atom stereocenters. The Bertz CT molecular complexity index is 1550. The molecule has 8 nitrogen and oxygen atoms in total. The largest absolute Gasteiger partial charge is 0.573 e. The number of nitrogens with zero attached hydrogens (tertiary/aromatic N) is 4. The van der Waals surface area contributed by atoms with Crippen LogP contribution in [0.3, 0.4) is 0 Å². The number of nitrogens with one attached hydrogen (secondary N) is 1. The molecule has 1 aliphatic carbocycles. The zero-order valence-electron chi connectivity index (χ0n) is 20.7. The third-order valence-corrected chi connectivity index (χ3v) is 6.46. The highest BCUT2D eigenvalue weighted by atomic mass is 19.4. The van der Waals surface area contributed by atoms with E-state index in [4.69, 9.17) is 0 Å². The number of carboxylic acid groups (broad SMARTS) is 1. The Morgan fingerprint density at radius 2 is 1.68 bits per heavy atom. The third kappa shape index (κ3) is 5.95. The van der Waals surface area contributed by atoms with Gasteiger partial charge in [0.2, 0.25) is 5.82 Å². The van der Waals surface area contributed by atoms with E-state index >= 15 is 0 Å². The van der Waals surface area contributed by atoms with Crippen LogP contribution in [0.15, 0.2) is 48.5 Å². The Labute approximate surface area is 222 Å². The molecule has 4 aromatic rings. The second-order valence-electron chi connectivity index (χ2n) is 9.43. The number of carbonyl (C=O) groups is 1. The first kappa shape index (κ1) is 27.2. The van der Waals surface area contributed by atoms with E-state index in [0.717, 1.165) is 37.1 Å². The summed E-state index contributed by atoms with van der Waals surface area (Å²) in [5, 5.41) is 12.8. The average Bonchev–Trinajstić information content (AvgIpc) is 3.66. The van der Waals surface area contributed by atoms with Gasteiger partial charge in [0.15, 0.2) is 11.5 Å². The number of ether oxygens (including phenoxy) is 1. The van der Waals surface area contributed by atoms with Crippen LogP contribution in [0.1, 0.15) is 41.5 Å². The maximum absolute atomic E-state index is 13.1. The van der Waals surface area contributed by atoms with Crippen LogP contribution in [0, 0.1) is 5.92 Å². The summed E-state index contributed by atoms with van der Waals surface area (Å²) < 4.78 is 82.8. The number of fused-ring (bicyclic) bond motifs is 1. The summed E-state index contributed by atoms with van der Waals surface area (Å²) in [5.41, 5.74) is 0.243. The highest BCUT2D eigenvalue weighted by Gasteiger charge is 2.32. The smallest absolute Gasteiger partial charge is 0.475 e. The summed E-state index contributed by atoms with van der Waals surface area (Å²) in [5.74, 6) is -1.66. The van der Waals surface area contributed by atoms with Gasteiger partial charge in [0, 0.05) is 18.2 Å². The first-order valence-electron chi connectivity index (χ1n) is 12.1. The number of alkyl halides is 6. The van der Waals surface area contributed by atoms with Gasteiger partial charge in [0.05, 0.1) is 5.56 Å². The lowest BCUT2D eigenvalue weighted by molar-refractivity contribution is -0.274. The van der Waals surface area contributed by atoms with E-state index in [0.29, 0.717) is 22.6 Å². The van der Waals surface area contributed by atoms with Crippen LogP contribution in [0.25, 0.3) is 22.6 Å². The molecule has 2 aromatic heterocycles. The molecule has 14 heteroatoms. The first-order valence-corrected chi connectivity index (χ1v) is 12.1. The van der Waals surface area contributed by atoms with Crippen LogP contribution in [-0.4, -0.2) is 43.0 Å². The number of hydrogen-bond acceptors (Lipinski definition) is 6. The van der Waals surface area contributed by atoms with E-state index in [1.165, 1.54) is 24.3 Å². The third-order valence-electron chi connectivity index (χ3n) is 6.46. The molecule has 0 spiro atoms. The monoisotopic (exact) mass is 565 g/mol. The Morgan fingerprint density at radius 3 is 2.23 bits per heavy atom. The van der Waals surface area contributed by atoms with E-state index in [-0.39, 0.29) is 29.9 Å². The zero-order chi connectivity index (χ0) is 28.8. The number of carboxylic acids is 1. The summed E-state index contributed by atoms with van der Waals surface area (Å²) in [6, 6.07) is 9.23. The van der Waals surface area contributed by atoms with Crippen molar-refractivity contribution in [3.8, 4) is 17.1 Å². The van der Waals surface area contributed by atoms with Gasteiger partial charge in [-0.25, -0.2) is 19.7 Å². The molecular weight excluding hydrogens is 544 g/mol. The zero-order valence-corrected chi connectivity index (χ0v) is 20.7.